The van der Waals surface area contributed by atoms with Gasteiger partial charge in [-0.05, 0) is 80.9 Å². The largest absolute Gasteiger partial charge is 0.377 e. The number of rotatable bonds is 2. The number of ether oxygens (including phenoxy) is 3. The Balaban J connectivity index is 1.44. The van der Waals surface area contributed by atoms with Crippen LogP contribution in [0.2, 0.25) is 0 Å². The number of likely N-dealkylation sites (tertiary alicyclic amines) is 1. The molecule has 0 amide bonds. The first kappa shape index (κ1) is 20.2. The van der Waals surface area contributed by atoms with E-state index in [1.807, 2.05) is 0 Å². The molecular formula is C26H41NO3. The number of hydrogen-bond donors (Lipinski definition) is 0. The first-order chi connectivity index (χ1) is 14.2. The van der Waals surface area contributed by atoms with Crippen LogP contribution in [0.1, 0.15) is 73.1 Å². The lowest BCUT2D eigenvalue weighted by molar-refractivity contribution is -0.226. The summed E-state index contributed by atoms with van der Waals surface area (Å²) in [5, 5.41) is 0. The zero-order chi connectivity index (χ0) is 20.9. The molecule has 8 atom stereocenters. The molecular weight excluding hydrogens is 374 g/mol. The van der Waals surface area contributed by atoms with Crippen LogP contribution >= 0.6 is 0 Å². The van der Waals surface area contributed by atoms with Crippen LogP contribution in [0.5, 0.6) is 0 Å². The smallest absolute Gasteiger partial charge is 0.171 e. The average Bonchev–Trinajstić information content (AvgIpc) is 3.03. The summed E-state index contributed by atoms with van der Waals surface area (Å²) in [5.41, 5.74) is 3.80. The second-order valence-electron chi connectivity index (χ2n) is 12.5. The van der Waals surface area contributed by atoms with Gasteiger partial charge in [-0.25, -0.2) is 0 Å². The van der Waals surface area contributed by atoms with Crippen molar-refractivity contribution in [3.8, 4) is 0 Å². The fraction of sp³-hybridized carbons (Fsp3) is 0.923. The van der Waals surface area contributed by atoms with E-state index in [1.165, 1.54) is 51.6 Å². The van der Waals surface area contributed by atoms with Crippen molar-refractivity contribution in [1.29, 1.82) is 0 Å². The van der Waals surface area contributed by atoms with E-state index in [4.69, 9.17) is 14.2 Å². The van der Waals surface area contributed by atoms with Crippen molar-refractivity contribution < 1.29 is 14.2 Å². The van der Waals surface area contributed by atoms with Gasteiger partial charge in [0.05, 0.1) is 18.8 Å². The molecule has 3 saturated heterocycles. The van der Waals surface area contributed by atoms with E-state index in [-0.39, 0.29) is 29.3 Å². The molecule has 30 heavy (non-hydrogen) atoms. The third-order valence-electron chi connectivity index (χ3n) is 10.8. The predicted molar refractivity (Wildman–Crippen MR) is 117 cm³/mol. The van der Waals surface area contributed by atoms with Gasteiger partial charge in [-0.3, -0.25) is 4.90 Å². The van der Waals surface area contributed by atoms with Crippen LogP contribution in [-0.2, 0) is 14.2 Å². The summed E-state index contributed by atoms with van der Waals surface area (Å²) in [6.45, 7) is 16.8. The van der Waals surface area contributed by atoms with Gasteiger partial charge in [0.1, 0.15) is 6.10 Å². The minimum atomic E-state index is -0.0736. The molecule has 0 radical (unpaired) electrons. The van der Waals surface area contributed by atoms with Crippen molar-refractivity contribution in [3.63, 3.8) is 0 Å². The zero-order valence-corrected chi connectivity index (χ0v) is 19.7. The van der Waals surface area contributed by atoms with Crippen molar-refractivity contribution >= 4 is 0 Å². The lowest BCUT2D eigenvalue weighted by atomic mass is 9.44. The lowest BCUT2D eigenvalue weighted by Crippen LogP contribution is -2.63. The van der Waals surface area contributed by atoms with Crippen LogP contribution in [0.25, 0.3) is 0 Å². The Bertz CT molecular complexity index is 757. The van der Waals surface area contributed by atoms with Crippen molar-refractivity contribution in [2.24, 2.45) is 28.1 Å². The van der Waals surface area contributed by atoms with Gasteiger partial charge in [-0.2, -0.15) is 0 Å². The highest BCUT2D eigenvalue weighted by Gasteiger charge is 2.65. The summed E-state index contributed by atoms with van der Waals surface area (Å²) in [6.07, 6.45) is 8.27. The molecule has 0 N–H and O–H groups in total. The molecule has 6 aliphatic rings. The van der Waals surface area contributed by atoms with E-state index in [9.17, 15) is 0 Å². The van der Waals surface area contributed by atoms with Gasteiger partial charge >= 0.3 is 0 Å². The highest BCUT2D eigenvalue weighted by atomic mass is 16.7. The van der Waals surface area contributed by atoms with Crippen LogP contribution in [-0.4, -0.2) is 55.7 Å². The lowest BCUT2D eigenvalue weighted by Gasteiger charge is -2.63. The maximum Gasteiger partial charge on any atom is 0.171 e. The highest BCUT2D eigenvalue weighted by Crippen LogP contribution is 2.66. The molecule has 5 fully saturated rings. The van der Waals surface area contributed by atoms with E-state index in [2.05, 4.69) is 39.5 Å². The summed E-state index contributed by atoms with van der Waals surface area (Å²) in [7, 11) is 0. The Labute approximate surface area is 182 Å². The van der Waals surface area contributed by atoms with Crippen LogP contribution in [0, 0.1) is 28.1 Å². The Morgan fingerprint density at radius 1 is 1.07 bits per heavy atom. The monoisotopic (exact) mass is 415 g/mol. The van der Waals surface area contributed by atoms with Crippen molar-refractivity contribution in [2.75, 3.05) is 26.2 Å². The standard InChI is InChI=1S/C26H41NO3/c1-16-7-9-25(4)13-18-17-15-28-19(17)8-10-26(18,5)23-22(21(16)24(25,2)3)29-20(30-23)14-27-11-6-12-27/h17-20,22-23H,6-15H2,1-5H3/t17?,18?,19-,20-,22-,23-,25+,26-/m1/s1. The Kier molecular flexibility index (Phi) is 4.42. The third-order valence-corrected chi connectivity index (χ3v) is 10.8. The Morgan fingerprint density at radius 2 is 1.87 bits per heavy atom. The maximum absolute atomic E-state index is 6.91. The van der Waals surface area contributed by atoms with E-state index >= 15 is 0 Å². The first-order valence-corrected chi connectivity index (χ1v) is 12.6. The van der Waals surface area contributed by atoms with Crippen LogP contribution in [0.15, 0.2) is 11.1 Å². The predicted octanol–water partition coefficient (Wildman–Crippen LogP) is 4.78. The quantitative estimate of drug-likeness (QED) is 0.607. The molecule has 2 saturated carbocycles. The average molecular weight is 416 g/mol. The summed E-state index contributed by atoms with van der Waals surface area (Å²) >= 11 is 0. The molecule has 4 heteroatoms. The molecule has 3 aliphatic heterocycles. The maximum atomic E-state index is 6.91. The summed E-state index contributed by atoms with van der Waals surface area (Å²) < 4.78 is 19.8. The number of fused-ring (bicyclic) bond motifs is 8. The van der Waals surface area contributed by atoms with Crippen LogP contribution in [0.4, 0.5) is 0 Å². The second kappa shape index (κ2) is 6.56. The minimum Gasteiger partial charge on any atom is -0.377 e. The van der Waals surface area contributed by atoms with Gasteiger partial charge in [0.15, 0.2) is 6.29 Å². The molecule has 2 bridgehead atoms. The number of hydrogen-bond acceptors (Lipinski definition) is 4. The molecule has 2 unspecified atom stereocenters. The van der Waals surface area contributed by atoms with Gasteiger partial charge in [-0.1, -0.05) is 33.3 Å². The Morgan fingerprint density at radius 3 is 2.53 bits per heavy atom. The topological polar surface area (TPSA) is 30.9 Å². The van der Waals surface area contributed by atoms with Gasteiger partial charge in [0, 0.05) is 17.9 Å². The first-order valence-electron chi connectivity index (χ1n) is 12.6. The molecule has 168 valence electrons. The molecule has 6 rings (SSSR count). The fourth-order valence-corrected chi connectivity index (χ4v) is 8.18. The number of allylic oxidation sites excluding steroid dienone is 1. The molecule has 0 aromatic rings. The third kappa shape index (κ3) is 2.60. The zero-order valence-electron chi connectivity index (χ0n) is 19.7. The Hall–Kier alpha value is -0.420. The van der Waals surface area contributed by atoms with Crippen molar-refractivity contribution in [2.45, 2.75) is 97.7 Å². The molecule has 3 heterocycles. The summed E-state index contributed by atoms with van der Waals surface area (Å²) in [4.78, 5) is 2.50. The SMILES string of the molecule is CC1=C2[C@H]3O[C@@H](CN4CCC4)O[C@H]3[C@]3(C)CC[C@H]4OCC4C3C[C@](C)(CC1)C2(C)C. The van der Waals surface area contributed by atoms with Crippen molar-refractivity contribution in [3.05, 3.63) is 11.1 Å². The molecule has 4 nitrogen and oxygen atoms in total. The minimum absolute atomic E-state index is 0.0736. The molecule has 0 aromatic carbocycles. The second-order valence-corrected chi connectivity index (χ2v) is 12.5. The fourth-order valence-electron chi connectivity index (χ4n) is 8.18. The van der Waals surface area contributed by atoms with E-state index in [0.29, 0.717) is 23.4 Å². The number of nitrogens with zero attached hydrogens (tertiary/aromatic N) is 1. The molecule has 3 aliphatic carbocycles. The van der Waals surface area contributed by atoms with Crippen LogP contribution < -0.4 is 0 Å². The van der Waals surface area contributed by atoms with E-state index in [0.717, 1.165) is 13.2 Å². The van der Waals surface area contributed by atoms with Crippen LogP contribution in [0.3, 0.4) is 0 Å². The van der Waals surface area contributed by atoms with Gasteiger partial charge in [-0.15, -0.1) is 0 Å². The van der Waals surface area contributed by atoms with Crippen molar-refractivity contribution in [1.82, 2.24) is 4.90 Å². The van der Waals surface area contributed by atoms with E-state index < -0.39 is 0 Å². The van der Waals surface area contributed by atoms with Gasteiger partial charge in [0.2, 0.25) is 0 Å². The summed E-state index contributed by atoms with van der Waals surface area (Å²) in [6, 6.07) is 0. The van der Waals surface area contributed by atoms with Gasteiger partial charge in [0.25, 0.3) is 0 Å². The highest BCUT2D eigenvalue weighted by molar-refractivity contribution is 5.34. The van der Waals surface area contributed by atoms with Gasteiger partial charge < -0.3 is 14.2 Å². The normalized spacial score (nSPS) is 52.3. The van der Waals surface area contributed by atoms with E-state index in [1.54, 1.807) is 11.1 Å². The molecule has 0 spiro atoms. The summed E-state index contributed by atoms with van der Waals surface area (Å²) in [5.74, 6) is 1.39. The molecule has 0 aromatic heterocycles.